The Labute approximate surface area is 103 Å². The lowest BCUT2D eigenvalue weighted by molar-refractivity contribution is -0.143. The van der Waals surface area contributed by atoms with Crippen LogP contribution in [0, 0.1) is 0 Å². The number of hydrogen-bond donors (Lipinski definition) is 0. The molecule has 0 radical (unpaired) electrons. The summed E-state index contributed by atoms with van der Waals surface area (Å²) in [5.41, 5.74) is 1.22. The lowest BCUT2D eigenvalue weighted by atomic mass is 9.96. The molecule has 17 heavy (non-hydrogen) atoms. The highest BCUT2D eigenvalue weighted by atomic mass is 16.5. The molecule has 0 N–H and O–H groups in total. The van der Waals surface area contributed by atoms with Crippen molar-refractivity contribution in [3.05, 3.63) is 29.8 Å². The Balaban J connectivity index is 2.46. The Kier molecular flexibility index (Phi) is 5.53. The molecule has 3 nitrogen and oxygen atoms in total. The third-order valence-corrected chi connectivity index (χ3v) is 2.77. The molecule has 1 rings (SSSR count). The molecule has 1 aromatic rings. The third-order valence-electron chi connectivity index (χ3n) is 2.77. The van der Waals surface area contributed by atoms with E-state index in [2.05, 4.69) is 6.92 Å². The minimum absolute atomic E-state index is 0.118. The number of methoxy groups -OCH3 is 1. The summed E-state index contributed by atoms with van der Waals surface area (Å²) < 4.78 is 10.0. The number of esters is 1. The van der Waals surface area contributed by atoms with Crippen LogP contribution in [0.2, 0.25) is 0 Å². The maximum atomic E-state index is 11.2. The van der Waals surface area contributed by atoms with Crippen LogP contribution in [-0.4, -0.2) is 19.7 Å². The number of benzene rings is 1. The zero-order valence-electron chi connectivity index (χ0n) is 10.7. The second-order valence-electron chi connectivity index (χ2n) is 4.02. The highest BCUT2D eigenvalue weighted by molar-refractivity contribution is 5.69. The summed E-state index contributed by atoms with van der Waals surface area (Å²) in [4.78, 5) is 11.2. The molecule has 0 fully saturated rings. The van der Waals surface area contributed by atoms with Crippen LogP contribution >= 0.6 is 0 Å². The lowest BCUT2D eigenvalue weighted by Crippen LogP contribution is -2.05. The van der Waals surface area contributed by atoms with Gasteiger partial charge in [0.05, 0.1) is 13.7 Å². The van der Waals surface area contributed by atoms with Crippen LogP contribution in [0.1, 0.15) is 38.2 Å². The Morgan fingerprint density at radius 3 is 2.47 bits per heavy atom. The minimum atomic E-state index is -0.118. The summed E-state index contributed by atoms with van der Waals surface area (Å²) in [5, 5.41) is 0. The standard InChI is InChI=1S/C14H20O3/c1-4-17-14(15)10-5-11(2)12-6-8-13(16-3)9-7-12/h6-9,11H,4-5,10H2,1-3H3. The number of carbonyl (C=O) groups is 1. The van der Waals surface area contributed by atoms with Gasteiger partial charge in [0.1, 0.15) is 5.75 Å². The van der Waals surface area contributed by atoms with Crippen LogP contribution in [0.4, 0.5) is 0 Å². The molecule has 0 aliphatic carbocycles. The Hall–Kier alpha value is -1.51. The zero-order valence-corrected chi connectivity index (χ0v) is 10.7. The van der Waals surface area contributed by atoms with Gasteiger partial charge in [-0.25, -0.2) is 0 Å². The number of ether oxygens (including phenoxy) is 2. The van der Waals surface area contributed by atoms with E-state index in [1.54, 1.807) is 7.11 Å². The van der Waals surface area contributed by atoms with Gasteiger partial charge in [-0.2, -0.15) is 0 Å². The average Bonchev–Trinajstić information content (AvgIpc) is 2.36. The second-order valence-corrected chi connectivity index (χ2v) is 4.02. The van der Waals surface area contributed by atoms with Crippen molar-refractivity contribution in [2.45, 2.75) is 32.6 Å². The first-order valence-corrected chi connectivity index (χ1v) is 5.97. The van der Waals surface area contributed by atoms with Crippen LogP contribution < -0.4 is 4.74 Å². The summed E-state index contributed by atoms with van der Waals surface area (Å²) in [7, 11) is 1.65. The Morgan fingerprint density at radius 1 is 1.29 bits per heavy atom. The Morgan fingerprint density at radius 2 is 1.94 bits per heavy atom. The highest BCUT2D eigenvalue weighted by Gasteiger charge is 2.09. The van der Waals surface area contributed by atoms with E-state index in [1.165, 1.54) is 5.56 Å². The summed E-state index contributed by atoms with van der Waals surface area (Å²) >= 11 is 0. The highest BCUT2D eigenvalue weighted by Crippen LogP contribution is 2.23. The number of rotatable bonds is 6. The topological polar surface area (TPSA) is 35.5 Å². The fourth-order valence-corrected chi connectivity index (χ4v) is 1.67. The SMILES string of the molecule is CCOC(=O)CCC(C)c1ccc(OC)cc1. The van der Waals surface area contributed by atoms with Crippen molar-refractivity contribution in [1.82, 2.24) is 0 Å². The van der Waals surface area contributed by atoms with E-state index in [-0.39, 0.29) is 5.97 Å². The predicted molar refractivity (Wildman–Crippen MR) is 67.3 cm³/mol. The van der Waals surface area contributed by atoms with E-state index in [0.717, 1.165) is 12.2 Å². The molecule has 0 bridgehead atoms. The van der Waals surface area contributed by atoms with Crippen molar-refractivity contribution in [2.24, 2.45) is 0 Å². The molecule has 0 aromatic heterocycles. The van der Waals surface area contributed by atoms with Gasteiger partial charge in [0, 0.05) is 6.42 Å². The quantitative estimate of drug-likeness (QED) is 0.712. The molecule has 0 heterocycles. The van der Waals surface area contributed by atoms with E-state index in [4.69, 9.17) is 9.47 Å². The largest absolute Gasteiger partial charge is 0.497 e. The average molecular weight is 236 g/mol. The molecule has 0 saturated carbocycles. The molecule has 0 aliphatic rings. The summed E-state index contributed by atoms with van der Waals surface area (Å²) in [5.74, 6) is 1.09. The van der Waals surface area contributed by atoms with Crippen LogP contribution in [0.5, 0.6) is 5.75 Å². The molecule has 1 aromatic carbocycles. The maximum absolute atomic E-state index is 11.2. The fraction of sp³-hybridized carbons (Fsp3) is 0.500. The van der Waals surface area contributed by atoms with Gasteiger partial charge >= 0.3 is 5.97 Å². The van der Waals surface area contributed by atoms with Gasteiger partial charge in [-0.15, -0.1) is 0 Å². The Bertz CT molecular complexity index is 343. The molecule has 0 amide bonds. The summed E-state index contributed by atoms with van der Waals surface area (Å²) in [6.07, 6.45) is 1.28. The van der Waals surface area contributed by atoms with E-state index in [1.807, 2.05) is 31.2 Å². The predicted octanol–water partition coefficient (Wildman–Crippen LogP) is 3.14. The van der Waals surface area contributed by atoms with Gasteiger partial charge < -0.3 is 9.47 Å². The third kappa shape index (κ3) is 4.47. The molecular formula is C14H20O3. The van der Waals surface area contributed by atoms with Crippen molar-refractivity contribution in [3.63, 3.8) is 0 Å². The van der Waals surface area contributed by atoms with Crippen LogP contribution in [0.25, 0.3) is 0 Å². The van der Waals surface area contributed by atoms with E-state index in [9.17, 15) is 4.79 Å². The molecule has 0 spiro atoms. The van der Waals surface area contributed by atoms with Gasteiger partial charge in [-0.05, 0) is 37.0 Å². The lowest BCUT2D eigenvalue weighted by Gasteiger charge is -2.11. The van der Waals surface area contributed by atoms with Gasteiger partial charge in [-0.1, -0.05) is 19.1 Å². The van der Waals surface area contributed by atoms with Gasteiger partial charge in [-0.3, -0.25) is 4.79 Å². The van der Waals surface area contributed by atoms with Crippen molar-refractivity contribution in [1.29, 1.82) is 0 Å². The molecule has 0 aliphatic heterocycles. The first kappa shape index (κ1) is 13.6. The van der Waals surface area contributed by atoms with E-state index < -0.39 is 0 Å². The summed E-state index contributed by atoms with van der Waals surface area (Å²) in [6.45, 7) is 4.39. The number of hydrogen-bond acceptors (Lipinski definition) is 3. The van der Waals surface area contributed by atoms with Gasteiger partial charge in [0.25, 0.3) is 0 Å². The maximum Gasteiger partial charge on any atom is 0.305 e. The first-order valence-electron chi connectivity index (χ1n) is 5.97. The monoisotopic (exact) mass is 236 g/mol. The number of carbonyl (C=O) groups excluding carboxylic acids is 1. The van der Waals surface area contributed by atoms with Crippen LogP contribution in [-0.2, 0) is 9.53 Å². The van der Waals surface area contributed by atoms with Gasteiger partial charge in [0.2, 0.25) is 0 Å². The second kappa shape index (κ2) is 6.94. The molecule has 1 unspecified atom stereocenters. The summed E-state index contributed by atoms with van der Waals surface area (Å²) in [6, 6.07) is 7.95. The van der Waals surface area contributed by atoms with Crippen molar-refractivity contribution >= 4 is 5.97 Å². The van der Waals surface area contributed by atoms with Gasteiger partial charge in [0.15, 0.2) is 0 Å². The van der Waals surface area contributed by atoms with E-state index >= 15 is 0 Å². The smallest absolute Gasteiger partial charge is 0.305 e. The zero-order chi connectivity index (χ0) is 12.7. The fourth-order valence-electron chi connectivity index (χ4n) is 1.67. The molecular weight excluding hydrogens is 216 g/mol. The molecule has 0 saturated heterocycles. The van der Waals surface area contributed by atoms with Crippen LogP contribution in [0.15, 0.2) is 24.3 Å². The van der Waals surface area contributed by atoms with E-state index in [0.29, 0.717) is 18.9 Å². The van der Waals surface area contributed by atoms with Crippen molar-refractivity contribution in [2.75, 3.05) is 13.7 Å². The van der Waals surface area contributed by atoms with Crippen molar-refractivity contribution in [3.8, 4) is 5.75 Å². The van der Waals surface area contributed by atoms with Crippen molar-refractivity contribution < 1.29 is 14.3 Å². The van der Waals surface area contributed by atoms with Crippen LogP contribution in [0.3, 0.4) is 0 Å². The molecule has 94 valence electrons. The molecule has 3 heteroatoms. The minimum Gasteiger partial charge on any atom is -0.497 e. The first-order chi connectivity index (χ1) is 8.17. The normalized spacial score (nSPS) is 11.9. The molecule has 1 atom stereocenters.